The molecule has 0 spiro atoms. The normalized spacial score (nSPS) is 20.0. The molecule has 6 nitrogen and oxygen atoms in total. The van der Waals surface area contributed by atoms with E-state index in [4.69, 9.17) is 4.74 Å². The van der Waals surface area contributed by atoms with Crippen LogP contribution in [0.2, 0.25) is 0 Å². The van der Waals surface area contributed by atoms with Crippen molar-refractivity contribution in [2.45, 2.75) is 52.6 Å². The molecular formula is C21H31N3O3. The number of hydrogen-bond donors (Lipinski definition) is 2. The first kappa shape index (κ1) is 19.7. The van der Waals surface area contributed by atoms with Crippen LogP contribution in [0.1, 0.15) is 56.8 Å². The molecule has 2 heterocycles. The molecule has 0 bridgehead atoms. The molecule has 3 rings (SSSR count). The highest BCUT2D eigenvalue weighted by Crippen LogP contribution is 2.28. The van der Waals surface area contributed by atoms with E-state index in [1.807, 2.05) is 32.9 Å². The van der Waals surface area contributed by atoms with Gasteiger partial charge in [-0.3, -0.25) is 9.59 Å². The molecule has 2 aliphatic rings. The zero-order valence-corrected chi connectivity index (χ0v) is 16.6. The summed E-state index contributed by atoms with van der Waals surface area (Å²) in [5, 5.41) is 5.94. The fourth-order valence-corrected chi connectivity index (χ4v) is 3.46. The summed E-state index contributed by atoms with van der Waals surface area (Å²) >= 11 is 0. The van der Waals surface area contributed by atoms with Crippen molar-refractivity contribution in [1.82, 2.24) is 5.32 Å². The van der Waals surface area contributed by atoms with Crippen LogP contribution >= 0.6 is 0 Å². The van der Waals surface area contributed by atoms with Gasteiger partial charge in [0.1, 0.15) is 0 Å². The molecule has 2 fully saturated rings. The monoisotopic (exact) mass is 373 g/mol. The zero-order valence-electron chi connectivity index (χ0n) is 16.6. The number of nitrogens with zero attached hydrogens (tertiary/aromatic N) is 1. The fraction of sp³-hybridized carbons (Fsp3) is 0.619. The molecule has 2 amide bonds. The minimum Gasteiger partial charge on any atom is -0.376 e. The molecule has 0 aromatic heterocycles. The van der Waals surface area contributed by atoms with Crippen molar-refractivity contribution in [3.8, 4) is 0 Å². The lowest BCUT2D eigenvalue weighted by Gasteiger charge is -2.23. The summed E-state index contributed by atoms with van der Waals surface area (Å²) < 4.78 is 5.60. The van der Waals surface area contributed by atoms with Gasteiger partial charge < -0.3 is 20.3 Å². The standard InChI is InChI=1S/C21H31N3O3/c1-21(2,3)20(26)23-15-8-9-18(24-10-4-5-11-24)17(13-15)19(25)22-14-16-7-6-12-27-16/h8-9,13,16H,4-7,10-12,14H2,1-3H3,(H,22,25)(H,23,26)/t16-/m1/s1. The second-order valence-corrected chi connectivity index (χ2v) is 8.48. The molecule has 1 atom stereocenters. The van der Waals surface area contributed by atoms with Gasteiger partial charge in [-0.1, -0.05) is 20.8 Å². The van der Waals surface area contributed by atoms with Gasteiger partial charge in [-0.25, -0.2) is 0 Å². The molecule has 2 N–H and O–H groups in total. The average Bonchev–Trinajstić information content (AvgIpc) is 3.32. The quantitative estimate of drug-likeness (QED) is 0.832. The van der Waals surface area contributed by atoms with Crippen molar-refractivity contribution in [2.24, 2.45) is 5.41 Å². The molecule has 27 heavy (non-hydrogen) atoms. The van der Waals surface area contributed by atoms with Crippen molar-refractivity contribution in [3.63, 3.8) is 0 Å². The molecular weight excluding hydrogens is 342 g/mol. The molecule has 0 aliphatic carbocycles. The molecule has 148 valence electrons. The van der Waals surface area contributed by atoms with Gasteiger partial charge in [0, 0.05) is 43.0 Å². The van der Waals surface area contributed by atoms with Crippen LogP contribution in [0.3, 0.4) is 0 Å². The highest BCUT2D eigenvalue weighted by Gasteiger charge is 2.24. The van der Waals surface area contributed by atoms with Crippen LogP contribution in [0, 0.1) is 5.41 Å². The maximum absolute atomic E-state index is 12.9. The Morgan fingerprint density at radius 3 is 2.56 bits per heavy atom. The number of anilines is 2. The van der Waals surface area contributed by atoms with Gasteiger partial charge in [0.05, 0.1) is 11.7 Å². The van der Waals surface area contributed by atoms with E-state index >= 15 is 0 Å². The maximum atomic E-state index is 12.9. The van der Waals surface area contributed by atoms with E-state index in [9.17, 15) is 9.59 Å². The topological polar surface area (TPSA) is 70.7 Å². The van der Waals surface area contributed by atoms with E-state index < -0.39 is 5.41 Å². The minimum atomic E-state index is -0.490. The van der Waals surface area contributed by atoms with Gasteiger partial charge in [0.25, 0.3) is 5.91 Å². The summed E-state index contributed by atoms with van der Waals surface area (Å²) in [7, 11) is 0. The number of carbonyl (C=O) groups excluding carboxylic acids is 2. The third kappa shape index (κ3) is 5.01. The maximum Gasteiger partial charge on any atom is 0.253 e. The number of benzene rings is 1. The van der Waals surface area contributed by atoms with E-state index in [2.05, 4.69) is 15.5 Å². The number of hydrogen-bond acceptors (Lipinski definition) is 4. The number of ether oxygens (including phenoxy) is 1. The molecule has 6 heteroatoms. The van der Waals surface area contributed by atoms with Gasteiger partial charge in [-0.2, -0.15) is 0 Å². The van der Waals surface area contributed by atoms with Crippen molar-refractivity contribution >= 4 is 23.2 Å². The Hall–Kier alpha value is -2.08. The van der Waals surface area contributed by atoms with E-state index in [0.29, 0.717) is 17.8 Å². The Kier molecular flexibility index (Phi) is 6.05. The van der Waals surface area contributed by atoms with Crippen LogP contribution in [0.15, 0.2) is 18.2 Å². The molecule has 2 saturated heterocycles. The summed E-state index contributed by atoms with van der Waals surface area (Å²) in [5.41, 5.74) is 1.71. The van der Waals surface area contributed by atoms with Gasteiger partial charge in [0.2, 0.25) is 5.91 Å². The van der Waals surface area contributed by atoms with Crippen LogP contribution in [0.25, 0.3) is 0 Å². The lowest BCUT2D eigenvalue weighted by atomic mass is 9.95. The summed E-state index contributed by atoms with van der Waals surface area (Å²) in [4.78, 5) is 27.5. The van der Waals surface area contributed by atoms with Crippen LogP contribution < -0.4 is 15.5 Å². The molecule has 0 radical (unpaired) electrons. The van der Waals surface area contributed by atoms with Gasteiger partial charge in [-0.05, 0) is 43.9 Å². The lowest BCUT2D eigenvalue weighted by molar-refractivity contribution is -0.123. The third-order valence-corrected chi connectivity index (χ3v) is 5.14. The Balaban J connectivity index is 1.79. The first-order valence-corrected chi connectivity index (χ1v) is 9.95. The molecule has 1 aromatic carbocycles. The Labute approximate surface area is 161 Å². The number of nitrogens with one attached hydrogen (secondary N) is 2. The smallest absolute Gasteiger partial charge is 0.253 e. The summed E-state index contributed by atoms with van der Waals surface area (Å²) in [5.74, 6) is -0.179. The summed E-state index contributed by atoms with van der Waals surface area (Å²) in [6, 6.07) is 5.63. The molecule has 0 saturated carbocycles. The van der Waals surface area contributed by atoms with Gasteiger partial charge in [0.15, 0.2) is 0 Å². The zero-order chi connectivity index (χ0) is 19.4. The van der Waals surface area contributed by atoms with Gasteiger partial charge >= 0.3 is 0 Å². The van der Waals surface area contributed by atoms with Crippen molar-refractivity contribution < 1.29 is 14.3 Å². The van der Waals surface area contributed by atoms with E-state index in [-0.39, 0.29) is 17.9 Å². The predicted octanol–water partition coefficient (Wildman–Crippen LogP) is 3.18. The lowest BCUT2D eigenvalue weighted by Crippen LogP contribution is -2.33. The SMILES string of the molecule is CC(C)(C)C(=O)Nc1ccc(N2CCCC2)c(C(=O)NC[C@H]2CCCO2)c1. The summed E-state index contributed by atoms with van der Waals surface area (Å²) in [6.07, 6.45) is 4.42. The minimum absolute atomic E-state index is 0.0675. The fourth-order valence-electron chi connectivity index (χ4n) is 3.46. The van der Waals surface area contributed by atoms with E-state index in [1.54, 1.807) is 6.07 Å². The molecule has 0 unspecified atom stereocenters. The van der Waals surface area contributed by atoms with Crippen LogP contribution in [-0.2, 0) is 9.53 Å². The Morgan fingerprint density at radius 1 is 1.19 bits per heavy atom. The van der Waals surface area contributed by atoms with Crippen molar-refractivity contribution in [1.29, 1.82) is 0 Å². The highest BCUT2D eigenvalue weighted by molar-refractivity contribution is 6.02. The van der Waals surface area contributed by atoms with Crippen LogP contribution in [0.4, 0.5) is 11.4 Å². The molecule has 1 aromatic rings. The second kappa shape index (κ2) is 8.30. The largest absolute Gasteiger partial charge is 0.376 e. The summed E-state index contributed by atoms with van der Waals surface area (Å²) in [6.45, 7) is 8.83. The second-order valence-electron chi connectivity index (χ2n) is 8.48. The highest BCUT2D eigenvalue weighted by atomic mass is 16.5. The van der Waals surface area contributed by atoms with Crippen molar-refractivity contribution in [2.75, 3.05) is 36.5 Å². The van der Waals surface area contributed by atoms with Crippen molar-refractivity contribution in [3.05, 3.63) is 23.8 Å². The average molecular weight is 373 g/mol. The predicted molar refractivity (Wildman–Crippen MR) is 107 cm³/mol. The van der Waals surface area contributed by atoms with E-state index in [1.165, 1.54) is 0 Å². The first-order chi connectivity index (χ1) is 12.8. The van der Waals surface area contributed by atoms with Gasteiger partial charge in [-0.15, -0.1) is 0 Å². The Morgan fingerprint density at radius 2 is 1.93 bits per heavy atom. The van der Waals surface area contributed by atoms with Crippen LogP contribution in [-0.4, -0.2) is 44.2 Å². The Bertz CT molecular complexity index is 684. The molecule has 2 aliphatic heterocycles. The first-order valence-electron chi connectivity index (χ1n) is 9.95. The number of amides is 2. The van der Waals surface area contributed by atoms with E-state index in [0.717, 1.165) is 51.1 Å². The number of rotatable bonds is 5. The van der Waals surface area contributed by atoms with Crippen LogP contribution in [0.5, 0.6) is 0 Å². The number of carbonyl (C=O) groups is 2. The third-order valence-electron chi connectivity index (χ3n) is 5.14.